The molecule has 1 unspecified atom stereocenters. The minimum Gasteiger partial charge on any atom is -0.394 e. The van der Waals surface area contributed by atoms with Crippen LogP contribution < -0.4 is 5.32 Å². The Kier molecular flexibility index (Phi) is 5.27. The first kappa shape index (κ1) is 16.3. The summed E-state index contributed by atoms with van der Waals surface area (Å²) in [6.45, 7) is 6.85. The quantitative estimate of drug-likeness (QED) is 0.708. The van der Waals surface area contributed by atoms with Gasteiger partial charge in [0.05, 0.1) is 18.4 Å². The van der Waals surface area contributed by atoms with Crippen LogP contribution in [0.2, 0.25) is 0 Å². The molecule has 0 saturated carbocycles. The number of aromatic nitrogens is 2. The Morgan fingerprint density at radius 3 is 2.81 bits per heavy atom. The molecule has 5 nitrogen and oxygen atoms in total. The van der Waals surface area contributed by atoms with Crippen LogP contribution in [0.1, 0.15) is 26.5 Å². The fourth-order valence-electron chi connectivity index (χ4n) is 1.88. The summed E-state index contributed by atoms with van der Waals surface area (Å²) in [6, 6.07) is 5.90. The number of hydrogen-bond donors (Lipinski definition) is 3. The maximum absolute atomic E-state index is 9.52. The van der Waals surface area contributed by atoms with E-state index in [1.54, 1.807) is 0 Å². The first-order chi connectivity index (χ1) is 9.90. The molecule has 21 heavy (non-hydrogen) atoms. The van der Waals surface area contributed by atoms with Gasteiger partial charge in [-0.15, -0.1) is 11.8 Å². The topological polar surface area (TPSA) is 69.8 Å². The number of pyridine rings is 1. The number of imidazole rings is 1. The molecule has 1 atom stereocenters. The fraction of sp³-hybridized carbons (Fsp3) is 0.533. The number of nitrogens with zero attached hydrogens (tertiary/aromatic N) is 2. The van der Waals surface area contributed by atoms with Gasteiger partial charge >= 0.3 is 0 Å². The van der Waals surface area contributed by atoms with Crippen LogP contribution in [0.4, 0.5) is 0 Å². The van der Waals surface area contributed by atoms with Crippen LogP contribution in [-0.2, 0) is 6.54 Å². The van der Waals surface area contributed by atoms with Crippen molar-refractivity contribution >= 4 is 17.4 Å². The number of thioether (sulfide) groups is 1. The third-order valence-corrected chi connectivity index (χ3v) is 4.15. The van der Waals surface area contributed by atoms with Gasteiger partial charge in [-0.1, -0.05) is 6.07 Å². The molecule has 3 N–H and O–H groups in total. The molecule has 2 heterocycles. The van der Waals surface area contributed by atoms with Gasteiger partial charge in [0, 0.05) is 24.0 Å². The molecule has 116 valence electrons. The molecule has 0 aromatic carbocycles. The average Bonchev–Trinajstić information content (AvgIpc) is 2.79. The van der Waals surface area contributed by atoms with Crippen LogP contribution >= 0.6 is 11.8 Å². The van der Waals surface area contributed by atoms with Gasteiger partial charge in [-0.25, -0.2) is 4.98 Å². The van der Waals surface area contributed by atoms with Crippen molar-refractivity contribution in [2.45, 2.75) is 44.0 Å². The summed E-state index contributed by atoms with van der Waals surface area (Å²) >= 11 is 1.47. The number of aliphatic hydroxyl groups is 2. The summed E-state index contributed by atoms with van der Waals surface area (Å²) in [6.07, 6.45) is 1.28. The SMILES string of the molecule is CC(C)(C)NCc1c(SCC(O)CO)nc2ccccn12. The zero-order valence-electron chi connectivity index (χ0n) is 12.7. The highest BCUT2D eigenvalue weighted by atomic mass is 32.2. The largest absolute Gasteiger partial charge is 0.394 e. The van der Waals surface area contributed by atoms with Gasteiger partial charge in [-0.05, 0) is 32.9 Å². The van der Waals surface area contributed by atoms with Gasteiger partial charge in [-0.3, -0.25) is 0 Å². The Bertz CT molecular complexity index is 592. The van der Waals surface area contributed by atoms with Crippen molar-refractivity contribution in [1.82, 2.24) is 14.7 Å². The summed E-state index contributed by atoms with van der Waals surface area (Å²) in [4.78, 5) is 4.61. The van der Waals surface area contributed by atoms with E-state index in [-0.39, 0.29) is 12.1 Å². The molecular weight excluding hydrogens is 286 g/mol. The standard InChI is InChI=1S/C15H23N3O2S/c1-15(2,3)16-8-12-14(21-10-11(20)9-19)17-13-6-4-5-7-18(12)13/h4-7,11,16,19-20H,8-10H2,1-3H3. The first-order valence-corrected chi connectivity index (χ1v) is 8.02. The van der Waals surface area contributed by atoms with E-state index in [0.717, 1.165) is 16.4 Å². The molecule has 2 aromatic rings. The number of nitrogens with one attached hydrogen (secondary N) is 1. The highest BCUT2D eigenvalue weighted by molar-refractivity contribution is 7.99. The van der Waals surface area contributed by atoms with Crippen molar-refractivity contribution in [2.75, 3.05) is 12.4 Å². The Morgan fingerprint density at radius 2 is 2.14 bits per heavy atom. The third kappa shape index (κ3) is 4.44. The summed E-state index contributed by atoms with van der Waals surface area (Å²) in [7, 11) is 0. The molecule has 0 saturated heterocycles. The maximum atomic E-state index is 9.52. The predicted molar refractivity (Wildman–Crippen MR) is 85.6 cm³/mol. The number of rotatable bonds is 6. The van der Waals surface area contributed by atoms with Crippen LogP contribution in [0.15, 0.2) is 29.4 Å². The molecule has 0 amide bonds. The molecular formula is C15H23N3O2S. The van der Waals surface area contributed by atoms with Crippen molar-refractivity contribution in [3.05, 3.63) is 30.1 Å². The van der Waals surface area contributed by atoms with Crippen molar-refractivity contribution < 1.29 is 10.2 Å². The van der Waals surface area contributed by atoms with Crippen LogP contribution in [0.3, 0.4) is 0 Å². The first-order valence-electron chi connectivity index (χ1n) is 7.03. The second-order valence-electron chi connectivity index (χ2n) is 6.04. The van der Waals surface area contributed by atoms with Crippen LogP contribution in [0.5, 0.6) is 0 Å². The van der Waals surface area contributed by atoms with Crippen molar-refractivity contribution in [3.63, 3.8) is 0 Å². The lowest BCUT2D eigenvalue weighted by Gasteiger charge is -2.20. The Balaban J connectivity index is 2.25. The van der Waals surface area contributed by atoms with E-state index in [4.69, 9.17) is 5.11 Å². The summed E-state index contributed by atoms with van der Waals surface area (Å²) in [5, 5.41) is 22.8. The second-order valence-corrected chi connectivity index (χ2v) is 7.05. The molecule has 2 aromatic heterocycles. The smallest absolute Gasteiger partial charge is 0.138 e. The lowest BCUT2D eigenvalue weighted by Crippen LogP contribution is -2.35. The summed E-state index contributed by atoms with van der Waals surface area (Å²) in [5.74, 6) is 0.433. The molecule has 0 aliphatic carbocycles. The monoisotopic (exact) mass is 309 g/mol. The van der Waals surface area contributed by atoms with Gasteiger partial charge in [0.1, 0.15) is 10.7 Å². The molecule has 0 radical (unpaired) electrons. The third-order valence-electron chi connectivity index (χ3n) is 3.00. The molecule has 0 aliphatic rings. The van der Waals surface area contributed by atoms with Gasteiger partial charge < -0.3 is 19.9 Å². The fourth-order valence-corrected chi connectivity index (χ4v) is 2.83. The van der Waals surface area contributed by atoms with Gasteiger partial charge in [0.2, 0.25) is 0 Å². The summed E-state index contributed by atoms with van der Waals surface area (Å²) in [5.41, 5.74) is 1.99. The van der Waals surface area contributed by atoms with Crippen LogP contribution in [-0.4, -0.2) is 43.6 Å². The maximum Gasteiger partial charge on any atom is 0.138 e. The van der Waals surface area contributed by atoms with Gasteiger partial charge in [-0.2, -0.15) is 0 Å². The lowest BCUT2D eigenvalue weighted by molar-refractivity contribution is 0.113. The van der Waals surface area contributed by atoms with E-state index in [0.29, 0.717) is 12.3 Å². The molecule has 0 aliphatic heterocycles. The Morgan fingerprint density at radius 1 is 1.38 bits per heavy atom. The van der Waals surface area contributed by atoms with E-state index in [1.807, 2.05) is 24.4 Å². The second kappa shape index (κ2) is 6.79. The minimum absolute atomic E-state index is 0.0193. The number of fused-ring (bicyclic) bond motifs is 1. The number of aliphatic hydroxyl groups excluding tert-OH is 2. The molecule has 0 bridgehead atoms. The van der Waals surface area contributed by atoms with Crippen LogP contribution in [0, 0.1) is 0 Å². The van der Waals surface area contributed by atoms with E-state index < -0.39 is 6.10 Å². The van der Waals surface area contributed by atoms with Crippen molar-refractivity contribution in [1.29, 1.82) is 0 Å². The van der Waals surface area contributed by atoms with Crippen molar-refractivity contribution in [3.8, 4) is 0 Å². The lowest BCUT2D eigenvalue weighted by atomic mass is 10.1. The molecule has 6 heteroatoms. The van der Waals surface area contributed by atoms with Gasteiger partial charge in [0.25, 0.3) is 0 Å². The van der Waals surface area contributed by atoms with E-state index in [1.165, 1.54) is 11.8 Å². The highest BCUT2D eigenvalue weighted by Crippen LogP contribution is 2.24. The van der Waals surface area contributed by atoms with Gasteiger partial charge in [0.15, 0.2) is 0 Å². The van der Waals surface area contributed by atoms with E-state index in [2.05, 4.69) is 35.5 Å². The predicted octanol–water partition coefficient (Wildman–Crippen LogP) is 1.67. The van der Waals surface area contributed by atoms with E-state index in [9.17, 15) is 5.11 Å². The average molecular weight is 309 g/mol. The molecule has 2 rings (SSSR count). The molecule has 0 spiro atoms. The Labute approximate surface area is 129 Å². The highest BCUT2D eigenvalue weighted by Gasteiger charge is 2.16. The normalized spacial score (nSPS) is 13.8. The summed E-state index contributed by atoms with van der Waals surface area (Å²) < 4.78 is 2.06. The van der Waals surface area contributed by atoms with Crippen LogP contribution in [0.25, 0.3) is 5.65 Å². The van der Waals surface area contributed by atoms with Crippen molar-refractivity contribution in [2.24, 2.45) is 0 Å². The minimum atomic E-state index is -0.719. The zero-order chi connectivity index (χ0) is 15.5. The molecule has 0 fully saturated rings. The van der Waals surface area contributed by atoms with E-state index >= 15 is 0 Å². The zero-order valence-corrected chi connectivity index (χ0v) is 13.5. The Hall–Kier alpha value is -1.08. The number of hydrogen-bond acceptors (Lipinski definition) is 5.